The Balaban J connectivity index is 2.10. The minimum atomic E-state index is 0.544. The average Bonchev–Trinajstić information content (AvgIpc) is 2.88. The monoisotopic (exact) mass is 347 g/mol. The number of pyridine rings is 1. The SMILES string of the molecule is Cc1ccc(-n2c(C)cc(C=C(C#N)c3ccccc3Cl)c2C)nc1. The molecular formula is C21H18ClN3. The van der Waals surface area contributed by atoms with Crippen molar-refractivity contribution < 1.29 is 0 Å². The third-order valence-electron chi connectivity index (χ3n) is 4.18. The summed E-state index contributed by atoms with van der Waals surface area (Å²) >= 11 is 6.24. The van der Waals surface area contributed by atoms with Crippen molar-refractivity contribution in [3.8, 4) is 11.9 Å². The number of aromatic nitrogens is 2. The predicted molar refractivity (Wildman–Crippen MR) is 103 cm³/mol. The molecule has 0 aliphatic heterocycles. The van der Waals surface area contributed by atoms with Crippen LogP contribution in [-0.2, 0) is 0 Å². The zero-order chi connectivity index (χ0) is 18.0. The molecule has 0 amide bonds. The van der Waals surface area contributed by atoms with E-state index in [-0.39, 0.29) is 0 Å². The zero-order valence-corrected chi connectivity index (χ0v) is 15.2. The van der Waals surface area contributed by atoms with Gasteiger partial charge in [-0.3, -0.25) is 0 Å². The Hall–Kier alpha value is -2.83. The van der Waals surface area contributed by atoms with Crippen LogP contribution in [0.15, 0.2) is 48.7 Å². The molecule has 0 saturated heterocycles. The van der Waals surface area contributed by atoms with Gasteiger partial charge >= 0.3 is 0 Å². The van der Waals surface area contributed by atoms with Crippen LogP contribution < -0.4 is 0 Å². The van der Waals surface area contributed by atoms with Crippen LogP contribution in [0.1, 0.15) is 28.1 Å². The quantitative estimate of drug-likeness (QED) is 0.586. The number of rotatable bonds is 3. The molecule has 0 atom stereocenters. The minimum absolute atomic E-state index is 0.544. The van der Waals surface area contributed by atoms with E-state index in [9.17, 15) is 5.26 Å². The van der Waals surface area contributed by atoms with Crippen LogP contribution in [0, 0.1) is 32.1 Å². The number of nitriles is 1. The van der Waals surface area contributed by atoms with Crippen LogP contribution in [-0.4, -0.2) is 9.55 Å². The van der Waals surface area contributed by atoms with Crippen molar-refractivity contribution in [1.82, 2.24) is 9.55 Å². The van der Waals surface area contributed by atoms with Crippen molar-refractivity contribution in [2.45, 2.75) is 20.8 Å². The van der Waals surface area contributed by atoms with Crippen LogP contribution in [0.2, 0.25) is 5.02 Å². The third kappa shape index (κ3) is 3.35. The first kappa shape index (κ1) is 17.0. The largest absolute Gasteiger partial charge is 0.303 e. The lowest BCUT2D eigenvalue weighted by Crippen LogP contribution is -2.01. The standard InChI is InChI=1S/C21H18ClN3/c1-14-8-9-21(24-13-14)25-15(2)10-17(16(25)3)11-18(12-23)19-6-4-5-7-20(19)22/h4-11,13H,1-3H3. The second kappa shape index (κ2) is 6.96. The van der Waals surface area contributed by atoms with Crippen molar-refractivity contribution >= 4 is 23.3 Å². The van der Waals surface area contributed by atoms with E-state index in [1.54, 1.807) is 6.07 Å². The molecule has 3 nitrogen and oxygen atoms in total. The molecule has 0 aliphatic rings. The maximum absolute atomic E-state index is 9.58. The summed E-state index contributed by atoms with van der Waals surface area (Å²) in [4.78, 5) is 4.51. The first-order chi connectivity index (χ1) is 12.0. The number of benzene rings is 1. The lowest BCUT2D eigenvalue weighted by molar-refractivity contribution is 0.918. The molecule has 0 unspecified atom stereocenters. The molecule has 0 spiro atoms. The third-order valence-corrected chi connectivity index (χ3v) is 4.51. The van der Waals surface area contributed by atoms with Crippen molar-refractivity contribution in [3.63, 3.8) is 0 Å². The Labute approximate surface area is 152 Å². The van der Waals surface area contributed by atoms with E-state index in [4.69, 9.17) is 11.6 Å². The van der Waals surface area contributed by atoms with Gasteiger partial charge in [0.05, 0.1) is 11.6 Å². The lowest BCUT2D eigenvalue weighted by atomic mass is 10.0. The molecule has 0 saturated carbocycles. The highest BCUT2D eigenvalue weighted by Crippen LogP contribution is 2.28. The van der Waals surface area contributed by atoms with Gasteiger partial charge in [0.1, 0.15) is 5.82 Å². The van der Waals surface area contributed by atoms with E-state index in [1.807, 2.05) is 63.4 Å². The summed E-state index contributed by atoms with van der Waals surface area (Å²) < 4.78 is 2.09. The molecule has 0 bridgehead atoms. The topological polar surface area (TPSA) is 41.6 Å². The highest BCUT2D eigenvalue weighted by molar-refractivity contribution is 6.32. The Morgan fingerprint density at radius 1 is 1.16 bits per heavy atom. The van der Waals surface area contributed by atoms with Crippen LogP contribution in [0.5, 0.6) is 0 Å². The fraction of sp³-hybridized carbons (Fsp3) is 0.143. The zero-order valence-electron chi connectivity index (χ0n) is 14.4. The lowest BCUT2D eigenvalue weighted by Gasteiger charge is -2.09. The number of allylic oxidation sites excluding steroid dienone is 1. The summed E-state index contributed by atoms with van der Waals surface area (Å²) in [5, 5.41) is 10.2. The van der Waals surface area contributed by atoms with Gasteiger partial charge in [0, 0.05) is 28.2 Å². The van der Waals surface area contributed by atoms with Gasteiger partial charge in [-0.15, -0.1) is 0 Å². The molecule has 2 heterocycles. The van der Waals surface area contributed by atoms with Gasteiger partial charge in [-0.25, -0.2) is 4.98 Å². The van der Waals surface area contributed by atoms with Crippen molar-refractivity contribution in [2.24, 2.45) is 0 Å². The Bertz CT molecular complexity index is 989. The van der Waals surface area contributed by atoms with Crippen LogP contribution in [0.3, 0.4) is 0 Å². The Morgan fingerprint density at radius 2 is 1.92 bits per heavy atom. The van der Waals surface area contributed by atoms with Gasteiger partial charge in [-0.05, 0) is 56.2 Å². The molecule has 3 rings (SSSR count). The van der Waals surface area contributed by atoms with E-state index in [2.05, 4.69) is 21.7 Å². The van der Waals surface area contributed by atoms with Crippen molar-refractivity contribution in [2.75, 3.05) is 0 Å². The van der Waals surface area contributed by atoms with Gasteiger partial charge in [0.25, 0.3) is 0 Å². The van der Waals surface area contributed by atoms with Crippen LogP contribution in [0.4, 0.5) is 0 Å². The highest BCUT2D eigenvalue weighted by atomic mass is 35.5. The molecule has 3 aromatic rings. The molecule has 124 valence electrons. The van der Waals surface area contributed by atoms with Gasteiger partial charge in [-0.1, -0.05) is 35.9 Å². The van der Waals surface area contributed by atoms with Gasteiger partial charge < -0.3 is 4.57 Å². The number of hydrogen-bond acceptors (Lipinski definition) is 2. The number of halogens is 1. The van der Waals surface area contributed by atoms with E-state index in [0.717, 1.165) is 33.9 Å². The maximum atomic E-state index is 9.58. The maximum Gasteiger partial charge on any atom is 0.136 e. The summed E-state index contributed by atoms with van der Waals surface area (Å²) in [6.45, 7) is 6.08. The van der Waals surface area contributed by atoms with Crippen molar-refractivity contribution in [1.29, 1.82) is 5.26 Å². The summed E-state index contributed by atoms with van der Waals surface area (Å²) in [7, 11) is 0. The van der Waals surface area contributed by atoms with Gasteiger partial charge in [0.15, 0.2) is 0 Å². The molecule has 0 fully saturated rings. The molecular weight excluding hydrogens is 330 g/mol. The molecule has 1 aromatic carbocycles. The molecule has 0 aliphatic carbocycles. The first-order valence-corrected chi connectivity index (χ1v) is 8.37. The van der Waals surface area contributed by atoms with Crippen LogP contribution >= 0.6 is 11.6 Å². The van der Waals surface area contributed by atoms with Gasteiger partial charge in [-0.2, -0.15) is 5.26 Å². The summed E-state index contributed by atoms with van der Waals surface area (Å²) in [5.41, 5.74) is 5.49. The van der Waals surface area contributed by atoms with Crippen LogP contribution in [0.25, 0.3) is 17.5 Å². The fourth-order valence-corrected chi connectivity index (χ4v) is 3.12. The van der Waals surface area contributed by atoms with Crippen molar-refractivity contribution in [3.05, 3.63) is 81.8 Å². The number of hydrogen-bond donors (Lipinski definition) is 0. The minimum Gasteiger partial charge on any atom is -0.303 e. The second-order valence-electron chi connectivity index (χ2n) is 6.01. The molecule has 0 radical (unpaired) electrons. The van der Waals surface area contributed by atoms with Gasteiger partial charge in [0.2, 0.25) is 0 Å². The molecule has 0 N–H and O–H groups in total. The molecule has 2 aromatic heterocycles. The highest BCUT2D eigenvalue weighted by Gasteiger charge is 2.12. The van der Waals surface area contributed by atoms with E-state index in [0.29, 0.717) is 10.6 Å². The fourth-order valence-electron chi connectivity index (χ4n) is 2.88. The predicted octanol–water partition coefficient (Wildman–Crippen LogP) is 5.52. The van der Waals surface area contributed by atoms with E-state index in [1.165, 1.54) is 0 Å². The summed E-state index contributed by atoms with van der Waals surface area (Å²) in [6.07, 6.45) is 3.74. The second-order valence-corrected chi connectivity index (χ2v) is 6.41. The van der Waals surface area contributed by atoms with E-state index < -0.39 is 0 Å². The summed E-state index contributed by atoms with van der Waals surface area (Å²) in [5.74, 6) is 0.872. The number of nitrogens with zero attached hydrogens (tertiary/aromatic N) is 3. The first-order valence-electron chi connectivity index (χ1n) is 8.00. The Morgan fingerprint density at radius 3 is 2.56 bits per heavy atom. The van der Waals surface area contributed by atoms with E-state index >= 15 is 0 Å². The summed E-state index contributed by atoms with van der Waals surface area (Å²) in [6, 6.07) is 15.8. The Kier molecular flexibility index (Phi) is 4.74. The smallest absolute Gasteiger partial charge is 0.136 e. The average molecular weight is 348 g/mol. The normalized spacial score (nSPS) is 11.4. The number of aryl methyl sites for hydroxylation is 2. The molecule has 25 heavy (non-hydrogen) atoms. The molecule has 4 heteroatoms.